The van der Waals surface area contributed by atoms with Gasteiger partial charge in [-0.15, -0.1) is 0 Å². The summed E-state index contributed by atoms with van der Waals surface area (Å²) in [5.41, 5.74) is 13.8. The van der Waals surface area contributed by atoms with Crippen molar-refractivity contribution in [1.29, 1.82) is 0 Å². The molecule has 1 aliphatic rings. The van der Waals surface area contributed by atoms with Crippen LogP contribution in [-0.2, 0) is 4.79 Å². The molecule has 0 aliphatic heterocycles. The van der Waals surface area contributed by atoms with Crippen LogP contribution in [0.3, 0.4) is 0 Å². The average molecular weight is 510 g/mol. The van der Waals surface area contributed by atoms with Crippen molar-refractivity contribution < 1.29 is 18.8 Å². The van der Waals surface area contributed by atoms with Gasteiger partial charge in [0.2, 0.25) is 5.91 Å². The number of hydrogen-bond acceptors (Lipinski definition) is 6. The predicted molar refractivity (Wildman–Crippen MR) is 137 cm³/mol. The molecule has 4 rings (SSSR count). The molecule has 0 radical (unpaired) electrons. The summed E-state index contributed by atoms with van der Waals surface area (Å²) in [6.07, 6.45) is 3.73. The van der Waals surface area contributed by atoms with E-state index in [1.807, 2.05) is 26.0 Å². The summed E-state index contributed by atoms with van der Waals surface area (Å²) in [4.78, 5) is 40.9. The van der Waals surface area contributed by atoms with E-state index in [2.05, 4.69) is 9.69 Å². The number of nitrogens with one attached hydrogen (secondary N) is 1. The van der Waals surface area contributed by atoms with Crippen LogP contribution in [0.5, 0.6) is 0 Å². The second-order valence-corrected chi connectivity index (χ2v) is 9.82. The molecule has 1 saturated carbocycles. The van der Waals surface area contributed by atoms with E-state index < -0.39 is 23.7 Å². The summed E-state index contributed by atoms with van der Waals surface area (Å²) in [7, 11) is 0. The van der Waals surface area contributed by atoms with Crippen LogP contribution >= 0.6 is 11.5 Å². The fourth-order valence-corrected chi connectivity index (χ4v) is 5.34. The molecule has 8 nitrogen and oxygen atoms in total. The van der Waals surface area contributed by atoms with Gasteiger partial charge in [0.1, 0.15) is 16.7 Å². The third-order valence-electron chi connectivity index (χ3n) is 6.38. The SMILES string of the molecule is Cc1ccc(N(C(=O)c2snc(C(N)=O)c2N)[C@@H](C(=O)NC2CCCC2)c2ccc(F)cc2)c(C)c1. The number of rotatable bonds is 7. The van der Waals surface area contributed by atoms with Crippen molar-refractivity contribution in [2.24, 2.45) is 5.73 Å². The number of primary amides is 1. The number of anilines is 2. The van der Waals surface area contributed by atoms with Crippen molar-refractivity contribution in [2.45, 2.75) is 51.6 Å². The molecule has 10 heteroatoms. The molecule has 0 spiro atoms. The number of hydrogen-bond donors (Lipinski definition) is 3. The van der Waals surface area contributed by atoms with E-state index in [1.165, 1.54) is 29.2 Å². The summed E-state index contributed by atoms with van der Waals surface area (Å²) < 4.78 is 17.8. The second-order valence-electron chi connectivity index (χ2n) is 9.05. The molecule has 0 bridgehead atoms. The van der Waals surface area contributed by atoms with Crippen LogP contribution in [0.15, 0.2) is 42.5 Å². The van der Waals surface area contributed by atoms with Gasteiger partial charge in [-0.05, 0) is 67.5 Å². The van der Waals surface area contributed by atoms with Crippen molar-refractivity contribution in [2.75, 3.05) is 10.6 Å². The van der Waals surface area contributed by atoms with Crippen LogP contribution in [0.4, 0.5) is 15.8 Å². The fraction of sp³-hybridized carbons (Fsp3) is 0.308. The smallest absolute Gasteiger partial charge is 0.273 e. The second kappa shape index (κ2) is 10.4. The summed E-state index contributed by atoms with van der Waals surface area (Å²) in [6.45, 7) is 3.76. The standard InChI is InChI=1S/C26H28FN5O3S/c1-14-7-12-19(15(2)13-14)32(26(35)23-20(28)21(24(29)33)31-36-23)22(16-8-10-17(27)11-9-16)25(34)30-18-5-3-4-6-18/h7-13,18,22H,3-6,28H2,1-2H3,(H2,29,33)(H,30,34)/t22-/m1/s1. The highest BCUT2D eigenvalue weighted by Gasteiger charge is 2.37. The lowest BCUT2D eigenvalue weighted by molar-refractivity contribution is -0.123. The Bertz CT molecular complexity index is 1300. The molecule has 1 aromatic heterocycles. The minimum atomic E-state index is -1.13. The molecule has 36 heavy (non-hydrogen) atoms. The Labute approximate surface area is 212 Å². The van der Waals surface area contributed by atoms with Gasteiger partial charge >= 0.3 is 0 Å². The Kier molecular flexibility index (Phi) is 7.35. The Hall–Kier alpha value is -3.79. The summed E-state index contributed by atoms with van der Waals surface area (Å²) in [5.74, 6) is -2.31. The summed E-state index contributed by atoms with van der Waals surface area (Å²) in [5, 5.41) is 3.07. The van der Waals surface area contributed by atoms with E-state index >= 15 is 0 Å². The molecule has 1 atom stereocenters. The minimum absolute atomic E-state index is 0.00791. The molecular formula is C26H28FN5O3S. The third kappa shape index (κ3) is 5.08. The first-order chi connectivity index (χ1) is 17.2. The maximum Gasteiger partial charge on any atom is 0.273 e. The molecular weight excluding hydrogens is 481 g/mol. The number of halogens is 1. The topological polar surface area (TPSA) is 131 Å². The summed E-state index contributed by atoms with van der Waals surface area (Å²) in [6, 6.07) is 9.84. The normalized spacial score (nSPS) is 14.4. The lowest BCUT2D eigenvalue weighted by Gasteiger charge is -2.33. The van der Waals surface area contributed by atoms with Crippen LogP contribution in [0, 0.1) is 19.7 Å². The number of carbonyl (C=O) groups excluding carboxylic acids is 3. The number of aromatic nitrogens is 1. The number of amides is 3. The van der Waals surface area contributed by atoms with Gasteiger partial charge in [0.15, 0.2) is 5.69 Å². The molecule has 0 saturated heterocycles. The Morgan fingerprint density at radius 3 is 2.36 bits per heavy atom. The van der Waals surface area contributed by atoms with E-state index in [4.69, 9.17) is 11.5 Å². The lowest BCUT2D eigenvalue weighted by atomic mass is 10.00. The zero-order chi connectivity index (χ0) is 26.0. The van der Waals surface area contributed by atoms with Gasteiger partial charge in [0.25, 0.3) is 11.8 Å². The monoisotopic (exact) mass is 509 g/mol. The zero-order valence-electron chi connectivity index (χ0n) is 20.1. The largest absolute Gasteiger partial charge is 0.395 e. The molecule has 0 unspecified atom stereocenters. The van der Waals surface area contributed by atoms with Gasteiger partial charge in [-0.3, -0.25) is 19.3 Å². The van der Waals surface area contributed by atoms with Gasteiger partial charge in [0, 0.05) is 11.7 Å². The van der Waals surface area contributed by atoms with Crippen LogP contribution < -0.4 is 21.7 Å². The minimum Gasteiger partial charge on any atom is -0.395 e. The van der Waals surface area contributed by atoms with E-state index in [0.717, 1.165) is 48.3 Å². The van der Waals surface area contributed by atoms with Crippen LogP contribution in [0.25, 0.3) is 0 Å². The zero-order valence-corrected chi connectivity index (χ0v) is 20.9. The first kappa shape index (κ1) is 25.3. The molecule has 3 amide bonds. The number of aryl methyl sites for hydroxylation is 2. The van der Waals surface area contributed by atoms with Crippen LogP contribution in [0.2, 0.25) is 0 Å². The van der Waals surface area contributed by atoms with Crippen molar-refractivity contribution in [1.82, 2.24) is 9.69 Å². The molecule has 1 heterocycles. The average Bonchev–Trinajstić information content (AvgIpc) is 3.48. The van der Waals surface area contributed by atoms with Crippen molar-refractivity contribution in [3.05, 3.63) is 75.5 Å². The molecule has 3 aromatic rings. The Balaban J connectivity index is 1.88. The number of nitrogen functional groups attached to an aromatic ring is 1. The highest BCUT2D eigenvalue weighted by atomic mass is 32.1. The van der Waals surface area contributed by atoms with Gasteiger partial charge in [-0.25, -0.2) is 4.39 Å². The highest BCUT2D eigenvalue weighted by Crippen LogP contribution is 2.35. The molecule has 1 fully saturated rings. The molecule has 1 aliphatic carbocycles. The quantitative estimate of drug-likeness (QED) is 0.443. The Morgan fingerprint density at radius 2 is 1.78 bits per heavy atom. The number of carbonyl (C=O) groups is 3. The van der Waals surface area contributed by atoms with Crippen molar-refractivity contribution in [3.8, 4) is 0 Å². The maximum atomic E-state index is 14.1. The molecule has 2 aromatic carbocycles. The van der Waals surface area contributed by atoms with Crippen LogP contribution in [-0.4, -0.2) is 28.1 Å². The first-order valence-electron chi connectivity index (χ1n) is 11.7. The first-order valence-corrected chi connectivity index (χ1v) is 12.5. The van der Waals surface area contributed by atoms with Gasteiger partial charge in [0.05, 0.1) is 5.69 Å². The molecule has 5 N–H and O–H groups in total. The fourth-order valence-electron chi connectivity index (χ4n) is 4.59. The number of benzene rings is 2. The van der Waals surface area contributed by atoms with E-state index in [-0.39, 0.29) is 28.2 Å². The molecule has 188 valence electrons. The van der Waals surface area contributed by atoms with Crippen molar-refractivity contribution in [3.63, 3.8) is 0 Å². The van der Waals surface area contributed by atoms with Crippen LogP contribution in [0.1, 0.15) is 68.6 Å². The Morgan fingerprint density at radius 1 is 1.11 bits per heavy atom. The van der Waals surface area contributed by atoms with E-state index in [0.29, 0.717) is 11.3 Å². The van der Waals surface area contributed by atoms with E-state index in [9.17, 15) is 18.8 Å². The maximum absolute atomic E-state index is 14.1. The number of nitrogens with zero attached hydrogens (tertiary/aromatic N) is 2. The summed E-state index contributed by atoms with van der Waals surface area (Å²) >= 11 is 0.746. The van der Waals surface area contributed by atoms with Gasteiger partial charge in [-0.1, -0.05) is 42.7 Å². The van der Waals surface area contributed by atoms with Gasteiger partial charge in [-0.2, -0.15) is 4.37 Å². The van der Waals surface area contributed by atoms with Gasteiger partial charge < -0.3 is 16.8 Å². The number of nitrogens with two attached hydrogens (primary N) is 2. The van der Waals surface area contributed by atoms with E-state index in [1.54, 1.807) is 6.07 Å². The predicted octanol–water partition coefficient (Wildman–Crippen LogP) is 4.03. The highest BCUT2D eigenvalue weighted by molar-refractivity contribution is 7.09. The third-order valence-corrected chi connectivity index (χ3v) is 7.23. The van der Waals surface area contributed by atoms with Crippen molar-refractivity contribution >= 4 is 40.6 Å². The lowest BCUT2D eigenvalue weighted by Crippen LogP contribution is -2.46.